The van der Waals surface area contributed by atoms with Crippen LogP contribution in [0.4, 0.5) is 5.69 Å². The summed E-state index contributed by atoms with van der Waals surface area (Å²) in [6.45, 7) is 0.0359. The first-order valence-corrected chi connectivity index (χ1v) is 11.8. The molecule has 2 atom stereocenters. The molecule has 0 bridgehead atoms. The summed E-state index contributed by atoms with van der Waals surface area (Å²) < 4.78 is 10.6. The van der Waals surface area contributed by atoms with Gasteiger partial charge in [0, 0.05) is 25.0 Å². The van der Waals surface area contributed by atoms with Gasteiger partial charge in [0.2, 0.25) is 5.91 Å². The molecule has 0 aliphatic carbocycles. The molecule has 0 spiro atoms. The van der Waals surface area contributed by atoms with Gasteiger partial charge in [-0.25, -0.2) is 4.79 Å². The van der Waals surface area contributed by atoms with Crippen molar-refractivity contribution in [1.82, 2.24) is 10.2 Å². The van der Waals surface area contributed by atoms with Gasteiger partial charge in [-0.15, -0.1) is 11.8 Å². The summed E-state index contributed by atoms with van der Waals surface area (Å²) in [5, 5.41) is 13.2. The second kappa shape index (κ2) is 10.7. The molecule has 1 unspecified atom stereocenters. The fourth-order valence-corrected chi connectivity index (χ4v) is 5.22. The number of β-lactam (4-membered cyclic amide) rings is 1. The highest BCUT2D eigenvalue weighted by Gasteiger charge is 2.54. The first-order valence-electron chi connectivity index (χ1n) is 10.8. The molecule has 11 heteroatoms. The highest BCUT2D eigenvalue weighted by molar-refractivity contribution is 8.00. The quantitative estimate of drug-likeness (QED) is 0.242. The third-order valence-corrected chi connectivity index (χ3v) is 6.94. The Kier molecular flexibility index (Phi) is 7.47. The van der Waals surface area contributed by atoms with Gasteiger partial charge >= 0.3 is 5.97 Å². The van der Waals surface area contributed by atoms with Crippen LogP contribution in [0.5, 0.6) is 0 Å². The number of thioether (sulfide) groups is 1. The summed E-state index contributed by atoms with van der Waals surface area (Å²) in [4.78, 5) is 50.1. The van der Waals surface area contributed by atoms with Gasteiger partial charge in [-0.05, 0) is 28.8 Å². The Bertz CT molecular complexity index is 1170. The molecular weight excluding hydrogens is 474 g/mol. The Morgan fingerprint density at radius 3 is 2.49 bits per heavy atom. The van der Waals surface area contributed by atoms with Crippen molar-refractivity contribution in [2.24, 2.45) is 0 Å². The van der Waals surface area contributed by atoms with Crippen molar-refractivity contribution in [3.05, 3.63) is 87.1 Å². The van der Waals surface area contributed by atoms with E-state index < -0.39 is 22.3 Å². The number of non-ortho nitro benzene ring substituents is 1. The van der Waals surface area contributed by atoms with Crippen LogP contribution in [0.1, 0.15) is 11.1 Å². The largest absolute Gasteiger partial charge is 0.456 e. The van der Waals surface area contributed by atoms with E-state index in [4.69, 9.17) is 9.47 Å². The molecule has 2 amide bonds. The zero-order valence-corrected chi connectivity index (χ0v) is 19.7. The number of benzene rings is 2. The molecule has 2 aromatic carbocycles. The van der Waals surface area contributed by atoms with Crippen LogP contribution < -0.4 is 5.32 Å². The van der Waals surface area contributed by atoms with Crippen molar-refractivity contribution in [2.45, 2.75) is 24.4 Å². The lowest BCUT2D eigenvalue weighted by Crippen LogP contribution is -2.70. The monoisotopic (exact) mass is 497 g/mol. The van der Waals surface area contributed by atoms with E-state index in [-0.39, 0.29) is 42.8 Å². The lowest BCUT2D eigenvalue weighted by Gasteiger charge is -2.49. The molecule has 2 aliphatic heterocycles. The van der Waals surface area contributed by atoms with Gasteiger partial charge in [0.15, 0.2) is 0 Å². The van der Waals surface area contributed by atoms with E-state index in [1.54, 1.807) is 0 Å². The number of ether oxygens (including phenoxy) is 2. The second-order valence-electron chi connectivity index (χ2n) is 8.00. The first-order chi connectivity index (χ1) is 16.9. The van der Waals surface area contributed by atoms with Crippen molar-refractivity contribution in [2.75, 3.05) is 19.5 Å². The predicted molar refractivity (Wildman–Crippen MR) is 127 cm³/mol. The lowest BCUT2D eigenvalue weighted by atomic mass is 10.0. The van der Waals surface area contributed by atoms with E-state index >= 15 is 0 Å². The van der Waals surface area contributed by atoms with E-state index in [1.165, 1.54) is 48.0 Å². The maximum Gasteiger partial charge on any atom is 0.355 e. The summed E-state index contributed by atoms with van der Waals surface area (Å²) in [7, 11) is 1.49. The molecule has 2 aromatic rings. The lowest BCUT2D eigenvalue weighted by molar-refractivity contribution is -0.384. The maximum absolute atomic E-state index is 13.0. The molecule has 0 radical (unpaired) electrons. The minimum Gasteiger partial charge on any atom is -0.456 e. The molecule has 4 rings (SSSR count). The summed E-state index contributed by atoms with van der Waals surface area (Å²) in [5.74, 6) is -0.915. The van der Waals surface area contributed by atoms with Crippen LogP contribution in [0.15, 0.2) is 65.9 Å². The van der Waals surface area contributed by atoms with Gasteiger partial charge in [0.05, 0.1) is 18.0 Å². The number of carbonyl (C=O) groups is 3. The van der Waals surface area contributed by atoms with Gasteiger partial charge in [0.25, 0.3) is 11.6 Å². The Labute approximate surface area is 205 Å². The molecule has 2 aliphatic rings. The number of rotatable bonds is 9. The molecular formula is C24H23N3O7S. The second-order valence-corrected chi connectivity index (χ2v) is 9.11. The number of methoxy groups -OCH3 is 1. The van der Waals surface area contributed by atoms with Crippen LogP contribution in [-0.2, 0) is 36.9 Å². The number of hydrogen-bond acceptors (Lipinski definition) is 8. The zero-order chi connectivity index (χ0) is 24.9. The van der Waals surface area contributed by atoms with E-state index in [2.05, 4.69) is 5.32 Å². The summed E-state index contributed by atoms with van der Waals surface area (Å²) in [5.41, 5.74) is 2.08. The van der Waals surface area contributed by atoms with Crippen LogP contribution in [0.25, 0.3) is 0 Å². The number of amides is 2. The van der Waals surface area contributed by atoms with Crippen molar-refractivity contribution < 1.29 is 28.8 Å². The van der Waals surface area contributed by atoms with Gasteiger partial charge < -0.3 is 14.8 Å². The number of esters is 1. The summed E-state index contributed by atoms with van der Waals surface area (Å²) >= 11 is 1.44. The number of nitro groups is 1. The van der Waals surface area contributed by atoms with E-state index in [0.29, 0.717) is 16.9 Å². The summed E-state index contributed by atoms with van der Waals surface area (Å²) in [6.07, 6.45) is 0.150. The minimum atomic E-state index is -0.738. The van der Waals surface area contributed by atoms with Gasteiger partial charge in [-0.3, -0.25) is 24.6 Å². The van der Waals surface area contributed by atoms with Crippen LogP contribution in [0, 0.1) is 10.1 Å². The Hall–Kier alpha value is -3.70. The minimum absolute atomic E-state index is 0.0659. The van der Waals surface area contributed by atoms with Crippen molar-refractivity contribution >= 4 is 35.2 Å². The average molecular weight is 498 g/mol. The maximum atomic E-state index is 13.0. The normalized spacial score (nSPS) is 19.0. The third kappa shape index (κ3) is 5.36. The topological polar surface area (TPSA) is 128 Å². The van der Waals surface area contributed by atoms with E-state index in [9.17, 15) is 24.5 Å². The zero-order valence-electron chi connectivity index (χ0n) is 18.8. The fourth-order valence-electron chi connectivity index (χ4n) is 3.89. The molecule has 182 valence electrons. The molecule has 1 N–H and O–H groups in total. The Morgan fingerprint density at radius 1 is 1.11 bits per heavy atom. The number of carbonyl (C=O) groups excluding carboxylic acids is 3. The van der Waals surface area contributed by atoms with Gasteiger partial charge in [-0.2, -0.15) is 0 Å². The van der Waals surface area contributed by atoms with E-state index in [0.717, 1.165) is 5.56 Å². The molecule has 0 saturated carbocycles. The van der Waals surface area contributed by atoms with E-state index in [1.807, 2.05) is 30.3 Å². The molecule has 1 saturated heterocycles. The van der Waals surface area contributed by atoms with Gasteiger partial charge in [0.1, 0.15) is 23.7 Å². The van der Waals surface area contributed by atoms with Crippen LogP contribution in [0.3, 0.4) is 0 Å². The standard InChI is InChI=1S/C24H23N3O7S/c1-33-13-17-14-35-23-20(25-19(28)11-15-5-3-2-4-6-15)22(29)26(23)21(17)24(30)34-12-16-7-9-18(10-8-16)27(31)32/h2-10,20,23H,11-14H2,1H3,(H,25,28)/t20?,23-/m1/s1. The van der Waals surface area contributed by atoms with Crippen LogP contribution in [0.2, 0.25) is 0 Å². The van der Waals surface area contributed by atoms with Crippen LogP contribution in [-0.4, -0.2) is 58.5 Å². The molecule has 35 heavy (non-hydrogen) atoms. The summed E-state index contributed by atoms with van der Waals surface area (Å²) in [6, 6.07) is 14.1. The van der Waals surface area contributed by atoms with Crippen LogP contribution >= 0.6 is 11.8 Å². The number of fused-ring (bicyclic) bond motifs is 1. The SMILES string of the molecule is COCC1=C(C(=O)OCc2ccc([N+](=O)[O-])cc2)N2C(=O)C(NC(=O)Cc3ccccc3)[C@H]2SC1. The van der Waals surface area contributed by atoms with Crippen molar-refractivity contribution in [3.63, 3.8) is 0 Å². The average Bonchev–Trinajstić information content (AvgIpc) is 2.86. The fraction of sp³-hybridized carbons (Fsp3) is 0.292. The first kappa shape index (κ1) is 24.4. The molecule has 2 heterocycles. The molecule has 10 nitrogen and oxygen atoms in total. The highest BCUT2D eigenvalue weighted by Crippen LogP contribution is 2.40. The van der Waals surface area contributed by atoms with Crippen molar-refractivity contribution in [1.29, 1.82) is 0 Å². The molecule has 1 fully saturated rings. The number of nitrogens with one attached hydrogen (secondary N) is 1. The smallest absolute Gasteiger partial charge is 0.355 e. The number of nitrogens with zero attached hydrogens (tertiary/aromatic N) is 2. The predicted octanol–water partition coefficient (Wildman–Crippen LogP) is 2.18. The Morgan fingerprint density at radius 2 is 1.83 bits per heavy atom. The van der Waals surface area contributed by atoms with Gasteiger partial charge in [-0.1, -0.05) is 30.3 Å². The highest BCUT2D eigenvalue weighted by atomic mass is 32.2. The Balaban J connectivity index is 1.43. The van der Waals surface area contributed by atoms with Crippen molar-refractivity contribution in [3.8, 4) is 0 Å². The third-order valence-electron chi connectivity index (χ3n) is 5.60. The number of nitro benzene ring substituents is 1. The molecule has 0 aromatic heterocycles. The number of hydrogen-bond donors (Lipinski definition) is 1.